The van der Waals surface area contributed by atoms with E-state index in [0.29, 0.717) is 4.57 Å². The first-order valence-corrected chi connectivity index (χ1v) is 2.95. The summed E-state index contributed by atoms with van der Waals surface area (Å²) >= 11 is 5.26. The van der Waals surface area contributed by atoms with E-state index in [1.807, 2.05) is 6.33 Å². The van der Waals surface area contributed by atoms with E-state index in [1.54, 1.807) is 0 Å². The van der Waals surface area contributed by atoms with Crippen LogP contribution >= 0.6 is 11.6 Å². The van der Waals surface area contributed by atoms with Gasteiger partial charge in [0.25, 0.3) is 0 Å². The van der Waals surface area contributed by atoms with Crippen molar-refractivity contribution in [1.29, 1.82) is 0 Å². The van der Waals surface area contributed by atoms with Gasteiger partial charge in [0.05, 0.1) is 0 Å². The van der Waals surface area contributed by atoms with Gasteiger partial charge in [0.15, 0.2) is 6.33 Å². The molecule has 1 rings (SSSR count). The monoisotopic (exact) mass is 182 g/mol. The molecule has 0 bridgehead atoms. The first-order valence-electron chi connectivity index (χ1n) is 2.57. The molecular weight excluding hydrogens is 181 g/mol. The molecule has 0 aliphatic carbocycles. The third-order valence-corrected chi connectivity index (χ3v) is 1.18. The number of aromatic nitrogens is 2. The Bertz CT molecular complexity index is 242. The highest BCUT2D eigenvalue weighted by atomic mass is 35.5. The lowest BCUT2D eigenvalue weighted by atomic mass is 10.6. The van der Waals surface area contributed by atoms with Gasteiger partial charge in [-0.2, -0.15) is 13.2 Å². The predicted molar refractivity (Wildman–Crippen MR) is 31.0 cm³/mol. The van der Waals surface area contributed by atoms with Crippen molar-refractivity contribution < 1.29 is 13.2 Å². The zero-order chi connectivity index (χ0) is 8.48. The Morgan fingerprint density at radius 2 is 2.18 bits per heavy atom. The molecule has 0 atom stereocenters. The van der Waals surface area contributed by atoms with Crippen LogP contribution in [0.25, 0.3) is 0 Å². The van der Waals surface area contributed by atoms with Gasteiger partial charge in [-0.05, 0) is 0 Å². The fraction of sp³-hybridized carbons (Fsp3) is 0.400. The van der Waals surface area contributed by atoms with Crippen LogP contribution < -0.4 is 0 Å². The molecule has 11 heavy (non-hydrogen) atoms. The van der Waals surface area contributed by atoms with Gasteiger partial charge in [-0.1, -0.05) is 11.6 Å². The summed E-state index contributed by atoms with van der Waals surface area (Å²) in [4.78, 5) is 3.19. The molecule has 1 heterocycles. The molecule has 1 aromatic heterocycles. The largest absolute Gasteiger partial charge is 0.406 e. The number of alkyl halides is 3. The molecule has 1 aromatic rings. The van der Waals surface area contributed by atoms with E-state index in [-0.39, 0.29) is 5.15 Å². The standard InChI is InChI=1S/C5H2ClF3N2/c6-4-1-10-3-11(4)2-5(7,8)9/h2H2. The maximum absolute atomic E-state index is 11.7. The molecule has 6 heteroatoms. The van der Waals surface area contributed by atoms with E-state index in [0.717, 1.165) is 0 Å². The normalized spacial score (nSPS) is 12.0. The second kappa shape index (κ2) is 2.73. The van der Waals surface area contributed by atoms with Crippen molar-refractivity contribution in [3.8, 4) is 0 Å². The molecule has 0 N–H and O–H groups in total. The number of halogens is 4. The van der Waals surface area contributed by atoms with Gasteiger partial charge < -0.3 is 4.57 Å². The number of hydrogen-bond donors (Lipinski definition) is 0. The second-order valence-corrected chi connectivity index (χ2v) is 2.17. The van der Waals surface area contributed by atoms with E-state index >= 15 is 0 Å². The lowest BCUT2D eigenvalue weighted by Gasteiger charge is -2.06. The first-order chi connectivity index (χ1) is 4.99. The minimum Gasteiger partial charge on any atom is -0.303 e. The molecule has 0 saturated carbocycles. The van der Waals surface area contributed by atoms with Gasteiger partial charge in [-0.25, -0.2) is 4.98 Å². The summed E-state index contributed by atoms with van der Waals surface area (Å²) in [5, 5.41) is -0.192. The van der Waals surface area contributed by atoms with Crippen LogP contribution in [0.3, 0.4) is 0 Å². The van der Waals surface area contributed by atoms with Gasteiger partial charge in [0, 0.05) is 0 Å². The topological polar surface area (TPSA) is 17.8 Å². The van der Waals surface area contributed by atoms with Crippen LogP contribution in [-0.4, -0.2) is 15.7 Å². The lowest BCUT2D eigenvalue weighted by molar-refractivity contribution is -0.140. The van der Waals surface area contributed by atoms with E-state index < -0.39 is 12.7 Å². The van der Waals surface area contributed by atoms with Crippen LogP contribution in [0, 0.1) is 12.5 Å². The molecular formula is C5H2ClF3N2. The summed E-state index contributed by atoms with van der Waals surface area (Å²) in [7, 11) is 0. The van der Waals surface area contributed by atoms with Crippen LogP contribution in [0.1, 0.15) is 0 Å². The van der Waals surface area contributed by atoms with E-state index in [4.69, 9.17) is 11.6 Å². The summed E-state index contributed by atoms with van der Waals surface area (Å²) in [5.74, 6) is 0. The maximum atomic E-state index is 11.7. The number of hydrogen-bond acceptors (Lipinski definition) is 1. The molecule has 0 saturated heterocycles. The average Bonchev–Trinajstić information content (AvgIpc) is 2.12. The zero-order valence-corrected chi connectivity index (χ0v) is 5.87. The Kier molecular flexibility index (Phi) is 2.08. The molecule has 60 valence electrons. The van der Waals surface area contributed by atoms with Crippen LogP contribution in [0.15, 0.2) is 0 Å². The Balaban J connectivity index is 2.72. The minimum absolute atomic E-state index is 0.192. The predicted octanol–water partition coefficient (Wildman–Crippen LogP) is 1.70. The fourth-order valence-electron chi connectivity index (χ4n) is 0.520. The number of imidazole rings is 1. The molecule has 0 aliphatic rings. The molecule has 0 aromatic carbocycles. The Morgan fingerprint density at radius 1 is 1.55 bits per heavy atom. The summed E-state index contributed by atoms with van der Waals surface area (Å²) in [5.41, 5.74) is 0. The zero-order valence-electron chi connectivity index (χ0n) is 5.11. The molecule has 0 fully saturated rings. The van der Waals surface area contributed by atoms with Crippen molar-refractivity contribution >= 4 is 11.6 Å². The highest BCUT2D eigenvalue weighted by Gasteiger charge is 2.28. The minimum atomic E-state index is -4.30. The van der Waals surface area contributed by atoms with Gasteiger partial charge in [-0.15, -0.1) is 0 Å². The van der Waals surface area contributed by atoms with Crippen molar-refractivity contribution in [3.05, 3.63) is 17.7 Å². The van der Waals surface area contributed by atoms with Crippen LogP contribution in [0.2, 0.25) is 5.15 Å². The summed E-state index contributed by atoms with van der Waals surface area (Å²) in [6.07, 6.45) is -0.162. The maximum Gasteiger partial charge on any atom is 0.406 e. The quantitative estimate of drug-likeness (QED) is 0.647. The highest BCUT2D eigenvalue weighted by molar-refractivity contribution is 6.29. The van der Waals surface area contributed by atoms with Crippen molar-refractivity contribution in [2.75, 3.05) is 0 Å². The van der Waals surface area contributed by atoms with E-state index in [1.165, 1.54) is 0 Å². The van der Waals surface area contributed by atoms with Crippen LogP contribution in [-0.2, 0) is 6.54 Å². The summed E-state index contributed by atoms with van der Waals surface area (Å²) in [6.45, 7) is -1.18. The number of nitrogens with zero attached hydrogens (tertiary/aromatic N) is 2. The van der Waals surface area contributed by atoms with Crippen LogP contribution in [0.4, 0.5) is 13.2 Å². The highest BCUT2D eigenvalue weighted by Crippen LogP contribution is 2.19. The third-order valence-electron chi connectivity index (χ3n) is 0.893. The lowest BCUT2D eigenvalue weighted by Crippen LogP contribution is -2.17. The molecule has 0 spiro atoms. The molecule has 0 unspecified atom stereocenters. The molecule has 0 aliphatic heterocycles. The van der Waals surface area contributed by atoms with Gasteiger partial charge in [-0.3, -0.25) is 0 Å². The van der Waals surface area contributed by atoms with Crippen molar-refractivity contribution in [1.82, 2.24) is 9.55 Å². The first kappa shape index (κ1) is 8.39. The SMILES string of the molecule is FC(F)(F)Cn1[c]n[c]c1Cl. The Hall–Kier alpha value is -0.710. The van der Waals surface area contributed by atoms with Crippen molar-refractivity contribution in [2.45, 2.75) is 12.7 Å². The second-order valence-electron chi connectivity index (χ2n) is 1.82. The van der Waals surface area contributed by atoms with E-state index in [9.17, 15) is 13.2 Å². The third kappa shape index (κ3) is 2.42. The summed E-state index contributed by atoms with van der Waals surface area (Å²) in [6, 6.07) is 0. The van der Waals surface area contributed by atoms with Crippen LogP contribution in [0.5, 0.6) is 0 Å². The van der Waals surface area contributed by atoms with Crippen molar-refractivity contribution in [3.63, 3.8) is 0 Å². The average molecular weight is 183 g/mol. The fourth-order valence-corrected chi connectivity index (χ4v) is 0.660. The molecule has 0 amide bonds. The van der Waals surface area contributed by atoms with Gasteiger partial charge >= 0.3 is 6.18 Å². The molecule has 2 nitrogen and oxygen atoms in total. The molecule has 2 radical (unpaired) electrons. The van der Waals surface area contributed by atoms with Crippen molar-refractivity contribution in [2.24, 2.45) is 0 Å². The van der Waals surface area contributed by atoms with Gasteiger partial charge in [0.2, 0.25) is 0 Å². The van der Waals surface area contributed by atoms with Gasteiger partial charge in [0.1, 0.15) is 17.9 Å². The van der Waals surface area contributed by atoms with E-state index in [2.05, 4.69) is 11.2 Å². The summed E-state index contributed by atoms with van der Waals surface area (Å²) < 4.78 is 35.6. The Labute approximate surface area is 65.6 Å². The Morgan fingerprint density at radius 3 is 2.55 bits per heavy atom. The smallest absolute Gasteiger partial charge is 0.303 e. The number of rotatable bonds is 1.